The Morgan fingerprint density at radius 3 is 2.00 bits per heavy atom. The quantitative estimate of drug-likeness (QED) is 0.216. The number of hydrogen-bond donors (Lipinski definition) is 2. The molecule has 0 aromatic heterocycles. The van der Waals surface area contributed by atoms with Crippen LogP contribution in [0.15, 0.2) is 71.6 Å². The molecule has 0 bridgehead atoms. The highest BCUT2D eigenvalue weighted by Crippen LogP contribution is 2.50. The van der Waals surface area contributed by atoms with E-state index in [1.54, 1.807) is 6.07 Å². The zero-order chi connectivity index (χ0) is 33.4. The van der Waals surface area contributed by atoms with Crippen LogP contribution in [0.1, 0.15) is 80.5 Å². The second kappa shape index (κ2) is 15.6. The van der Waals surface area contributed by atoms with Crippen LogP contribution in [0.3, 0.4) is 0 Å². The molecule has 2 N–H and O–H groups in total. The van der Waals surface area contributed by atoms with E-state index in [0.717, 1.165) is 48.2 Å². The minimum Gasteiger partial charge on any atom is -0.489 e. The van der Waals surface area contributed by atoms with Gasteiger partial charge in [0.2, 0.25) is 0 Å². The van der Waals surface area contributed by atoms with Gasteiger partial charge in [0, 0.05) is 31.1 Å². The van der Waals surface area contributed by atoms with Crippen molar-refractivity contribution in [2.45, 2.75) is 82.8 Å². The topological polar surface area (TPSA) is 121 Å². The second-order valence-corrected chi connectivity index (χ2v) is 15.9. The molecule has 3 aromatic rings. The number of rotatable bonds is 11. The number of sulfone groups is 1. The highest BCUT2D eigenvalue weighted by molar-refractivity contribution is 7.91. The molecule has 1 heterocycles. The summed E-state index contributed by atoms with van der Waals surface area (Å²) in [7, 11) is -3.38. The van der Waals surface area contributed by atoms with Crippen molar-refractivity contribution in [2.75, 3.05) is 31.0 Å². The van der Waals surface area contributed by atoms with E-state index in [1.165, 1.54) is 5.56 Å². The molecule has 2 atom stereocenters. The Morgan fingerprint density at radius 2 is 1.49 bits per heavy atom. The van der Waals surface area contributed by atoms with E-state index in [-0.39, 0.29) is 5.75 Å². The molecule has 3 aromatic carbocycles. The van der Waals surface area contributed by atoms with Crippen molar-refractivity contribution in [1.82, 2.24) is 0 Å². The number of anilines is 1. The summed E-state index contributed by atoms with van der Waals surface area (Å²) in [5, 5.41) is 12.3. The van der Waals surface area contributed by atoms with E-state index in [1.807, 2.05) is 55.4 Å². The van der Waals surface area contributed by atoms with Crippen LogP contribution in [0.25, 0.3) is 0 Å². The van der Waals surface area contributed by atoms with E-state index in [9.17, 15) is 21.9 Å². The van der Waals surface area contributed by atoms with Gasteiger partial charge in [-0.15, -0.1) is 0 Å². The number of aryl methyl sites for hydroxylation is 1. The molecule has 0 spiro atoms. The van der Waals surface area contributed by atoms with E-state index in [4.69, 9.17) is 9.29 Å². The fourth-order valence-corrected chi connectivity index (χ4v) is 8.20. The van der Waals surface area contributed by atoms with Crippen molar-refractivity contribution in [2.24, 2.45) is 5.41 Å². The van der Waals surface area contributed by atoms with E-state index < -0.39 is 37.4 Å². The first kappa shape index (κ1) is 36.5. The van der Waals surface area contributed by atoms with Crippen LogP contribution in [0.4, 0.5) is 5.69 Å². The van der Waals surface area contributed by atoms with Gasteiger partial charge in [-0.2, -0.15) is 8.42 Å². The molecule has 1 aliphatic rings. The highest BCUT2D eigenvalue weighted by Gasteiger charge is 2.49. The SMILES string of the molecule is CCCCC1(CCCC)CS(=O)(=O)c2ccc(N(C)C)cc2[C@@H](c2ccc(OCc3ccc(C)cc3)cc2)[C@H]1O.CS(=O)(=O)O. The van der Waals surface area contributed by atoms with Gasteiger partial charge in [-0.3, -0.25) is 4.55 Å². The molecule has 4 rings (SSSR count). The molecular formula is C35H49NO7S2. The summed E-state index contributed by atoms with van der Waals surface area (Å²) >= 11 is 0. The third kappa shape index (κ3) is 10.0. The van der Waals surface area contributed by atoms with Gasteiger partial charge in [0.05, 0.1) is 23.0 Å². The third-order valence-corrected chi connectivity index (χ3v) is 10.4. The largest absolute Gasteiger partial charge is 0.489 e. The molecule has 8 nitrogen and oxygen atoms in total. The van der Waals surface area contributed by atoms with Gasteiger partial charge < -0.3 is 14.7 Å². The molecule has 45 heavy (non-hydrogen) atoms. The van der Waals surface area contributed by atoms with Gasteiger partial charge in [-0.05, 0) is 66.8 Å². The van der Waals surface area contributed by atoms with Gasteiger partial charge >= 0.3 is 0 Å². The summed E-state index contributed by atoms with van der Waals surface area (Å²) in [5.41, 5.74) is 4.10. The summed E-state index contributed by atoms with van der Waals surface area (Å²) in [4.78, 5) is 2.32. The Bertz CT molecular complexity index is 1580. The van der Waals surface area contributed by atoms with Crippen LogP contribution < -0.4 is 9.64 Å². The summed E-state index contributed by atoms with van der Waals surface area (Å²) < 4.78 is 59.9. The van der Waals surface area contributed by atoms with E-state index in [2.05, 4.69) is 45.0 Å². The fraction of sp³-hybridized carbons (Fsp3) is 0.486. The Kier molecular flexibility index (Phi) is 12.7. The molecule has 0 aliphatic carbocycles. The Labute approximate surface area is 270 Å². The lowest BCUT2D eigenvalue weighted by Crippen LogP contribution is -2.43. The average Bonchev–Trinajstić information content (AvgIpc) is 3.04. The molecule has 248 valence electrons. The van der Waals surface area contributed by atoms with Crippen molar-refractivity contribution >= 4 is 25.6 Å². The van der Waals surface area contributed by atoms with Crippen molar-refractivity contribution in [1.29, 1.82) is 0 Å². The zero-order valence-corrected chi connectivity index (χ0v) is 29.0. The molecule has 0 unspecified atom stereocenters. The average molecular weight is 660 g/mol. The number of ether oxygens (including phenoxy) is 1. The number of fused-ring (bicyclic) bond motifs is 1. The van der Waals surface area contributed by atoms with Crippen LogP contribution in [-0.4, -0.2) is 58.7 Å². The predicted octanol–water partition coefficient (Wildman–Crippen LogP) is 6.79. The molecule has 1 aliphatic heterocycles. The first-order valence-corrected chi connectivity index (χ1v) is 19.0. The van der Waals surface area contributed by atoms with Crippen molar-refractivity contribution < 1.29 is 31.2 Å². The van der Waals surface area contributed by atoms with Crippen molar-refractivity contribution in [3.05, 3.63) is 89.0 Å². The molecule has 0 radical (unpaired) electrons. The fourth-order valence-electron chi connectivity index (χ4n) is 6.01. The predicted molar refractivity (Wildman–Crippen MR) is 182 cm³/mol. The minimum absolute atomic E-state index is 0.0241. The number of nitrogens with zero attached hydrogens (tertiary/aromatic N) is 1. The lowest BCUT2D eigenvalue weighted by Gasteiger charge is -2.40. The molecular weight excluding hydrogens is 611 g/mol. The van der Waals surface area contributed by atoms with Gasteiger partial charge in [0.15, 0.2) is 9.84 Å². The summed E-state index contributed by atoms with van der Waals surface area (Å²) in [6.45, 7) is 6.78. The van der Waals surface area contributed by atoms with Gasteiger partial charge in [0.1, 0.15) is 12.4 Å². The lowest BCUT2D eigenvalue weighted by atomic mass is 9.68. The summed E-state index contributed by atoms with van der Waals surface area (Å²) in [5.74, 6) is 0.251. The van der Waals surface area contributed by atoms with Gasteiger partial charge in [-0.1, -0.05) is 81.5 Å². The van der Waals surface area contributed by atoms with Crippen LogP contribution in [0.5, 0.6) is 5.75 Å². The van der Waals surface area contributed by atoms with Crippen LogP contribution >= 0.6 is 0 Å². The summed E-state index contributed by atoms with van der Waals surface area (Å²) in [6, 6.07) is 21.7. The zero-order valence-electron chi connectivity index (χ0n) is 27.4. The molecule has 0 fully saturated rings. The smallest absolute Gasteiger partial charge is 0.261 e. The normalized spacial score (nSPS) is 18.6. The highest BCUT2D eigenvalue weighted by atomic mass is 32.2. The van der Waals surface area contributed by atoms with Crippen LogP contribution in [-0.2, 0) is 26.6 Å². The van der Waals surface area contributed by atoms with E-state index >= 15 is 0 Å². The lowest BCUT2D eigenvalue weighted by molar-refractivity contribution is 0.0127. The Hall–Kier alpha value is -2.92. The number of hydrogen-bond acceptors (Lipinski definition) is 7. The molecule has 0 saturated heterocycles. The maximum Gasteiger partial charge on any atom is 0.261 e. The van der Waals surface area contributed by atoms with Gasteiger partial charge in [0.25, 0.3) is 10.1 Å². The van der Waals surface area contributed by atoms with Crippen LogP contribution in [0, 0.1) is 12.3 Å². The standard InChI is InChI=1S/C34H45NO4S.CH4O3S/c1-6-8-20-34(21-9-7-2)24-40(37,38)31-19-16-28(35(4)5)22-30(31)32(33(34)36)27-14-17-29(18-15-27)39-23-26-12-10-25(3)11-13-26;1-5(2,3)4/h10-19,22,32-33,36H,6-9,20-21,23-24H2,1-5H3;1H3,(H,2,3,4)/t32-,33-;/m1./s1. The molecule has 0 amide bonds. The van der Waals surface area contributed by atoms with Crippen molar-refractivity contribution in [3.63, 3.8) is 0 Å². The Balaban J connectivity index is 0.00000102. The number of aliphatic hydroxyl groups is 1. The van der Waals surface area contributed by atoms with Gasteiger partial charge in [-0.25, -0.2) is 8.42 Å². The first-order valence-electron chi connectivity index (χ1n) is 15.5. The maximum atomic E-state index is 14.0. The van der Waals surface area contributed by atoms with E-state index in [0.29, 0.717) is 36.2 Å². The second-order valence-electron chi connectivity index (χ2n) is 12.4. The van der Waals surface area contributed by atoms with Crippen molar-refractivity contribution in [3.8, 4) is 5.75 Å². The number of aliphatic hydroxyl groups excluding tert-OH is 1. The third-order valence-electron chi connectivity index (χ3n) is 8.42. The summed E-state index contributed by atoms with van der Waals surface area (Å²) in [6.07, 6.45) is 4.93. The monoisotopic (exact) mass is 659 g/mol. The van der Waals surface area contributed by atoms with Crippen LogP contribution in [0.2, 0.25) is 0 Å². The molecule has 10 heteroatoms. The first-order chi connectivity index (χ1) is 21.1. The molecule has 0 saturated carbocycles. The maximum absolute atomic E-state index is 14.0. The number of benzene rings is 3. The minimum atomic E-state index is -3.67. The number of unbranched alkanes of at least 4 members (excludes halogenated alkanes) is 2. The Morgan fingerprint density at radius 1 is 0.933 bits per heavy atom.